The fourth-order valence-corrected chi connectivity index (χ4v) is 2.18. The topological polar surface area (TPSA) is 86.9 Å². The van der Waals surface area contributed by atoms with Crippen LogP contribution in [-0.2, 0) is 6.54 Å². The monoisotopic (exact) mass is 278 g/mol. The number of amides is 1. The van der Waals surface area contributed by atoms with Crippen molar-refractivity contribution in [3.63, 3.8) is 0 Å². The molecule has 100 valence electrons. The minimum atomic E-state index is -0.203. The lowest BCUT2D eigenvalue weighted by Gasteiger charge is -2.09. The molecule has 6 nitrogen and oxygen atoms in total. The number of aromatic nitrogens is 2. The van der Waals surface area contributed by atoms with Gasteiger partial charge >= 0.3 is 4.87 Å². The first kappa shape index (κ1) is 13.3. The zero-order valence-corrected chi connectivity index (χ0v) is 11.2. The average Bonchev–Trinajstić information content (AvgIpc) is 2.83. The lowest BCUT2D eigenvalue weighted by molar-refractivity contribution is 0.0951. The molecule has 19 heavy (non-hydrogen) atoms. The van der Waals surface area contributed by atoms with Crippen LogP contribution < -0.4 is 15.5 Å². The number of thiazole rings is 1. The van der Waals surface area contributed by atoms with E-state index < -0.39 is 0 Å². The van der Waals surface area contributed by atoms with Gasteiger partial charge in [0, 0.05) is 23.8 Å². The van der Waals surface area contributed by atoms with E-state index in [0.29, 0.717) is 30.0 Å². The molecule has 0 aliphatic rings. The van der Waals surface area contributed by atoms with Gasteiger partial charge in [0.1, 0.15) is 0 Å². The third-order valence-electron chi connectivity index (χ3n) is 2.44. The number of anilines is 1. The van der Waals surface area contributed by atoms with Crippen LogP contribution in [0.2, 0.25) is 0 Å². The van der Waals surface area contributed by atoms with Crippen LogP contribution in [0.15, 0.2) is 28.6 Å². The molecule has 0 aliphatic carbocycles. The summed E-state index contributed by atoms with van der Waals surface area (Å²) < 4.78 is 0. The van der Waals surface area contributed by atoms with Crippen molar-refractivity contribution in [3.05, 3.63) is 44.8 Å². The molecule has 0 radical (unpaired) electrons. The quantitative estimate of drug-likeness (QED) is 0.767. The Morgan fingerprint density at radius 3 is 3.05 bits per heavy atom. The second kappa shape index (κ2) is 6.14. The first-order valence-electron chi connectivity index (χ1n) is 5.83. The van der Waals surface area contributed by atoms with Crippen LogP contribution in [0.5, 0.6) is 0 Å². The number of carbonyl (C=O) groups excluding carboxylic acids is 1. The van der Waals surface area contributed by atoms with Crippen LogP contribution in [0.1, 0.15) is 23.0 Å². The molecule has 3 N–H and O–H groups in total. The largest absolute Gasteiger partial charge is 0.383 e. The lowest BCUT2D eigenvalue weighted by Crippen LogP contribution is -2.24. The maximum absolute atomic E-state index is 12.1. The molecule has 2 aromatic heterocycles. The molecule has 2 aromatic rings. The molecule has 0 aromatic carbocycles. The Bertz CT molecular complexity index is 620. The second-order valence-electron chi connectivity index (χ2n) is 3.81. The van der Waals surface area contributed by atoms with E-state index in [2.05, 4.69) is 20.6 Å². The fraction of sp³-hybridized carbons (Fsp3) is 0.250. The summed E-state index contributed by atoms with van der Waals surface area (Å²) in [4.78, 5) is 29.5. The summed E-state index contributed by atoms with van der Waals surface area (Å²) >= 11 is 1.08. The zero-order valence-electron chi connectivity index (χ0n) is 10.4. The summed E-state index contributed by atoms with van der Waals surface area (Å²) in [6.45, 7) is 2.96. The van der Waals surface area contributed by atoms with Gasteiger partial charge in [0.25, 0.3) is 5.91 Å². The summed E-state index contributed by atoms with van der Waals surface area (Å²) in [7, 11) is 0. The number of hydrogen-bond acceptors (Lipinski definition) is 5. The maximum Gasteiger partial charge on any atom is 0.304 e. The molecule has 0 saturated carbocycles. The van der Waals surface area contributed by atoms with Gasteiger partial charge < -0.3 is 15.6 Å². The van der Waals surface area contributed by atoms with Crippen LogP contribution in [0.3, 0.4) is 0 Å². The van der Waals surface area contributed by atoms with Gasteiger partial charge in [-0.15, -0.1) is 0 Å². The first-order valence-corrected chi connectivity index (χ1v) is 6.71. The fourth-order valence-electron chi connectivity index (χ4n) is 1.60. The second-order valence-corrected chi connectivity index (χ2v) is 4.65. The van der Waals surface area contributed by atoms with E-state index in [-0.39, 0.29) is 10.8 Å². The predicted octanol–water partition coefficient (Wildman–Crippen LogP) is 1.19. The van der Waals surface area contributed by atoms with Crippen molar-refractivity contribution >= 4 is 22.9 Å². The highest BCUT2D eigenvalue weighted by atomic mass is 32.1. The highest BCUT2D eigenvalue weighted by Gasteiger charge is 2.10. The molecule has 0 spiro atoms. The van der Waals surface area contributed by atoms with E-state index in [1.807, 2.05) is 6.92 Å². The van der Waals surface area contributed by atoms with Gasteiger partial charge in [0.2, 0.25) is 0 Å². The van der Waals surface area contributed by atoms with E-state index in [0.717, 1.165) is 11.3 Å². The van der Waals surface area contributed by atoms with Gasteiger partial charge in [-0.3, -0.25) is 14.6 Å². The van der Waals surface area contributed by atoms with Crippen molar-refractivity contribution in [1.82, 2.24) is 15.3 Å². The van der Waals surface area contributed by atoms with Crippen molar-refractivity contribution in [2.45, 2.75) is 13.5 Å². The summed E-state index contributed by atoms with van der Waals surface area (Å²) in [6, 6.07) is 1.66. The SMILES string of the molecule is CCNc1cnccc1C(=O)NCc1csc(=O)[nH]1. The number of H-pyrrole nitrogens is 1. The van der Waals surface area contributed by atoms with Crippen LogP contribution in [0, 0.1) is 0 Å². The van der Waals surface area contributed by atoms with E-state index in [1.54, 1.807) is 23.8 Å². The van der Waals surface area contributed by atoms with E-state index >= 15 is 0 Å². The molecule has 2 heterocycles. The van der Waals surface area contributed by atoms with Gasteiger partial charge in [-0.1, -0.05) is 11.3 Å². The maximum atomic E-state index is 12.1. The molecule has 7 heteroatoms. The molecule has 0 unspecified atom stereocenters. The van der Waals surface area contributed by atoms with Gasteiger partial charge in [-0.05, 0) is 13.0 Å². The average molecular weight is 278 g/mol. The summed E-state index contributed by atoms with van der Waals surface area (Å²) in [6.07, 6.45) is 3.19. The number of nitrogens with zero attached hydrogens (tertiary/aromatic N) is 1. The Labute approximate surface area is 113 Å². The third kappa shape index (κ3) is 3.41. The summed E-state index contributed by atoms with van der Waals surface area (Å²) in [5.41, 5.74) is 1.93. The molecular formula is C12H14N4O2S. The highest BCUT2D eigenvalue weighted by molar-refractivity contribution is 7.07. The third-order valence-corrected chi connectivity index (χ3v) is 3.16. The standard InChI is InChI=1S/C12H14N4O2S/c1-2-14-10-6-13-4-3-9(10)11(17)15-5-8-7-19-12(18)16-8/h3-4,6-7,14H,2,5H2,1H3,(H,15,17)(H,16,18). The molecule has 2 rings (SSSR count). The molecule has 0 aliphatic heterocycles. The van der Waals surface area contributed by atoms with Crippen molar-refractivity contribution in [1.29, 1.82) is 0 Å². The van der Waals surface area contributed by atoms with E-state index in [9.17, 15) is 9.59 Å². The number of hydrogen-bond donors (Lipinski definition) is 3. The van der Waals surface area contributed by atoms with Crippen LogP contribution in [-0.4, -0.2) is 22.4 Å². The molecule has 0 saturated heterocycles. The number of aromatic amines is 1. The van der Waals surface area contributed by atoms with Crippen LogP contribution >= 0.6 is 11.3 Å². The molecule has 0 atom stereocenters. The smallest absolute Gasteiger partial charge is 0.304 e. The number of carbonyl (C=O) groups is 1. The van der Waals surface area contributed by atoms with Gasteiger partial charge in [0.05, 0.1) is 24.0 Å². The van der Waals surface area contributed by atoms with Gasteiger partial charge in [-0.2, -0.15) is 0 Å². The lowest BCUT2D eigenvalue weighted by atomic mass is 10.2. The molecule has 1 amide bonds. The summed E-state index contributed by atoms with van der Waals surface area (Å²) in [5, 5.41) is 7.53. The highest BCUT2D eigenvalue weighted by Crippen LogP contribution is 2.12. The Balaban J connectivity index is 2.05. The van der Waals surface area contributed by atoms with E-state index in [4.69, 9.17) is 0 Å². The van der Waals surface area contributed by atoms with Crippen LogP contribution in [0.25, 0.3) is 0 Å². The van der Waals surface area contributed by atoms with Gasteiger partial charge in [-0.25, -0.2) is 0 Å². The zero-order chi connectivity index (χ0) is 13.7. The Kier molecular flexibility index (Phi) is 4.30. The number of pyridine rings is 1. The number of nitrogens with one attached hydrogen (secondary N) is 3. The van der Waals surface area contributed by atoms with Gasteiger partial charge in [0.15, 0.2) is 0 Å². The van der Waals surface area contributed by atoms with Crippen molar-refractivity contribution < 1.29 is 4.79 Å². The Hall–Kier alpha value is -2.15. The molecular weight excluding hydrogens is 264 g/mol. The molecule has 0 fully saturated rings. The minimum Gasteiger partial charge on any atom is -0.383 e. The minimum absolute atomic E-state index is 0.124. The van der Waals surface area contributed by atoms with Crippen molar-refractivity contribution in [2.75, 3.05) is 11.9 Å². The molecule has 0 bridgehead atoms. The van der Waals surface area contributed by atoms with Crippen LogP contribution in [0.4, 0.5) is 5.69 Å². The predicted molar refractivity (Wildman–Crippen MR) is 74.5 cm³/mol. The van der Waals surface area contributed by atoms with Crippen molar-refractivity contribution in [3.8, 4) is 0 Å². The normalized spacial score (nSPS) is 10.2. The van der Waals surface area contributed by atoms with E-state index in [1.165, 1.54) is 0 Å². The van der Waals surface area contributed by atoms with Crippen molar-refractivity contribution in [2.24, 2.45) is 0 Å². The Morgan fingerprint density at radius 2 is 2.37 bits per heavy atom. The summed E-state index contributed by atoms with van der Waals surface area (Å²) in [5.74, 6) is -0.203. The first-order chi connectivity index (χ1) is 9.20. The Morgan fingerprint density at radius 1 is 1.53 bits per heavy atom. The number of rotatable bonds is 5.